The van der Waals surface area contributed by atoms with Crippen LogP contribution in [-0.2, 0) is 33.9 Å². The van der Waals surface area contributed by atoms with Gasteiger partial charge in [0.2, 0.25) is 21.8 Å². The van der Waals surface area contributed by atoms with Gasteiger partial charge < -0.3 is 41.7 Å². The molecule has 1 aliphatic rings. The van der Waals surface area contributed by atoms with Gasteiger partial charge in [-0.25, -0.2) is 13.4 Å². The first-order chi connectivity index (χ1) is 23.2. The maximum atomic E-state index is 13.0. The van der Waals surface area contributed by atoms with E-state index >= 15 is 0 Å². The number of carboxylic acids is 2. The van der Waals surface area contributed by atoms with Gasteiger partial charge in [0.05, 0.1) is 41.0 Å². The number of aliphatic carboxylic acids is 2. The van der Waals surface area contributed by atoms with E-state index in [0.29, 0.717) is 16.7 Å². The van der Waals surface area contributed by atoms with Gasteiger partial charge in [0.15, 0.2) is 0 Å². The third-order valence-corrected chi connectivity index (χ3v) is 9.32. The number of carbonyl (C=O) groups excluding carboxylic acids is 2. The highest BCUT2D eigenvalue weighted by molar-refractivity contribution is 8.00. The monoisotopic (exact) mass is 716 g/mol. The van der Waals surface area contributed by atoms with Crippen LogP contribution in [-0.4, -0.2) is 102 Å². The van der Waals surface area contributed by atoms with Crippen LogP contribution < -0.4 is 26.4 Å². The second-order valence-corrected chi connectivity index (χ2v) is 13.9. The molecule has 0 saturated heterocycles. The number of pyridine rings is 1. The minimum Gasteiger partial charge on any atom is -0.495 e. The number of benzene rings is 2. The van der Waals surface area contributed by atoms with Crippen LogP contribution in [0.1, 0.15) is 12.8 Å². The number of nitrogens with zero attached hydrogens (tertiary/aromatic N) is 1. The fourth-order valence-corrected chi connectivity index (χ4v) is 6.96. The van der Waals surface area contributed by atoms with E-state index < -0.39 is 63.8 Å². The summed E-state index contributed by atoms with van der Waals surface area (Å²) < 4.78 is 32.7. The Kier molecular flexibility index (Phi) is 12.0. The summed E-state index contributed by atoms with van der Waals surface area (Å²) in [5.41, 5.74) is 7.60. The van der Waals surface area contributed by atoms with Crippen LogP contribution in [0.3, 0.4) is 0 Å². The fourth-order valence-electron chi connectivity index (χ4n) is 5.01. The number of methoxy groups -OCH3 is 1. The highest BCUT2D eigenvalue weighted by atomic mass is 32.2. The summed E-state index contributed by atoms with van der Waals surface area (Å²) >= 11 is 0.901. The quantitative estimate of drug-likeness (QED) is 0.0937. The smallest absolute Gasteiger partial charge is 0.322 e. The number of para-hydroxylation sites is 2. The summed E-state index contributed by atoms with van der Waals surface area (Å²) in [6.07, 6.45) is 0.250. The average molecular weight is 717 g/mol. The SMILES string of the molecule is COC1=C(Nc2c3ccccc3nc3ccccc23)C(O)C(SCC(NC(=O)CCC(N)C(=O)O)C(=O)NCC(=O)O)C(NS(C)(=O)=O)=C1. The highest BCUT2D eigenvalue weighted by Gasteiger charge is 2.37. The Hall–Kier alpha value is -4.91. The summed E-state index contributed by atoms with van der Waals surface area (Å²) in [5, 5.41) is 38.2. The highest BCUT2D eigenvalue weighted by Crippen LogP contribution is 2.37. The normalized spacial score (nSPS) is 17.5. The van der Waals surface area contributed by atoms with Crippen molar-refractivity contribution in [2.45, 2.75) is 36.3 Å². The number of aliphatic hydroxyl groups excluding tert-OH is 1. The number of aliphatic hydroxyl groups is 1. The first kappa shape index (κ1) is 36.9. The first-order valence-corrected chi connectivity index (χ1v) is 17.7. The van der Waals surface area contributed by atoms with Gasteiger partial charge in [-0.1, -0.05) is 36.4 Å². The van der Waals surface area contributed by atoms with Gasteiger partial charge >= 0.3 is 11.9 Å². The molecule has 1 aliphatic carbocycles. The second-order valence-electron chi connectivity index (χ2n) is 11.0. The number of hydrogen-bond donors (Lipinski definition) is 8. The van der Waals surface area contributed by atoms with E-state index in [1.54, 1.807) is 0 Å². The molecule has 0 fully saturated rings. The molecule has 4 unspecified atom stereocenters. The minimum atomic E-state index is -3.88. The van der Waals surface area contributed by atoms with Crippen molar-refractivity contribution in [3.8, 4) is 0 Å². The molecule has 0 aliphatic heterocycles. The molecule has 2 amide bonds. The van der Waals surface area contributed by atoms with Gasteiger partial charge in [-0.05, 0) is 18.6 Å². The summed E-state index contributed by atoms with van der Waals surface area (Å²) in [6, 6.07) is 12.0. The lowest BCUT2D eigenvalue weighted by atomic mass is 10.0. The molecule has 3 aromatic rings. The molecule has 0 saturated carbocycles. The molecule has 0 bridgehead atoms. The maximum absolute atomic E-state index is 13.0. The van der Waals surface area contributed by atoms with E-state index in [-0.39, 0.29) is 35.7 Å². The zero-order valence-corrected chi connectivity index (χ0v) is 28.0. The molecular weight excluding hydrogens is 681 g/mol. The second kappa shape index (κ2) is 16.0. The van der Waals surface area contributed by atoms with Crippen molar-refractivity contribution >= 4 is 73.0 Å². The molecule has 18 heteroatoms. The van der Waals surface area contributed by atoms with E-state index in [4.69, 9.17) is 25.7 Å². The fraction of sp³-hybridized carbons (Fsp3) is 0.323. The lowest BCUT2D eigenvalue weighted by Crippen LogP contribution is -2.50. The maximum Gasteiger partial charge on any atom is 0.322 e. The summed E-state index contributed by atoms with van der Waals surface area (Å²) in [7, 11) is -2.53. The number of carbonyl (C=O) groups is 4. The molecule has 49 heavy (non-hydrogen) atoms. The number of sulfonamides is 1. The number of thioether (sulfide) groups is 1. The number of allylic oxidation sites excluding steroid dienone is 1. The van der Waals surface area contributed by atoms with Crippen LogP contribution in [0.25, 0.3) is 21.8 Å². The first-order valence-electron chi connectivity index (χ1n) is 14.8. The van der Waals surface area contributed by atoms with Crippen molar-refractivity contribution in [3.05, 3.63) is 71.8 Å². The third kappa shape index (κ3) is 9.59. The van der Waals surface area contributed by atoms with Crippen molar-refractivity contribution in [1.29, 1.82) is 0 Å². The van der Waals surface area contributed by atoms with E-state index in [0.717, 1.165) is 28.8 Å². The zero-order chi connectivity index (χ0) is 35.9. The lowest BCUT2D eigenvalue weighted by Gasteiger charge is -2.33. The molecule has 9 N–H and O–H groups in total. The molecule has 4 rings (SSSR count). The molecule has 2 aromatic carbocycles. The number of rotatable bonds is 16. The predicted molar refractivity (Wildman–Crippen MR) is 183 cm³/mol. The summed E-state index contributed by atoms with van der Waals surface area (Å²) in [5.74, 6) is -4.43. The van der Waals surface area contributed by atoms with Crippen molar-refractivity contribution in [2.75, 3.05) is 31.0 Å². The van der Waals surface area contributed by atoms with E-state index in [1.807, 2.05) is 48.5 Å². The minimum absolute atomic E-state index is 0.00953. The Morgan fingerprint density at radius 3 is 2.20 bits per heavy atom. The number of amides is 2. The van der Waals surface area contributed by atoms with E-state index in [9.17, 15) is 32.7 Å². The zero-order valence-electron chi connectivity index (χ0n) is 26.4. The average Bonchev–Trinajstić information content (AvgIpc) is 3.05. The van der Waals surface area contributed by atoms with Crippen LogP contribution in [0.2, 0.25) is 0 Å². The van der Waals surface area contributed by atoms with Crippen LogP contribution in [0.15, 0.2) is 71.8 Å². The van der Waals surface area contributed by atoms with Gasteiger partial charge in [0, 0.05) is 34.7 Å². The van der Waals surface area contributed by atoms with Crippen LogP contribution in [0.4, 0.5) is 5.69 Å². The van der Waals surface area contributed by atoms with Crippen molar-refractivity contribution in [1.82, 2.24) is 20.3 Å². The number of fused-ring (bicyclic) bond motifs is 2. The molecule has 4 atom stereocenters. The van der Waals surface area contributed by atoms with Crippen LogP contribution in [0, 0.1) is 0 Å². The number of nitrogens with one attached hydrogen (secondary N) is 4. The van der Waals surface area contributed by atoms with Crippen molar-refractivity contribution in [2.24, 2.45) is 5.73 Å². The Morgan fingerprint density at radius 2 is 1.65 bits per heavy atom. The Bertz CT molecular complexity index is 1880. The lowest BCUT2D eigenvalue weighted by molar-refractivity contribution is -0.139. The van der Waals surface area contributed by atoms with Crippen LogP contribution in [0.5, 0.6) is 0 Å². The third-order valence-electron chi connectivity index (χ3n) is 7.32. The molecule has 262 valence electrons. The number of carboxylic acid groups (broad SMARTS) is 2. The summed E-state index contributed by atoms with van der Waals surface area (Å²) in [6.45, 7) is -0.756. The summed E-state index contributed by atoms with van der Waals surface area (Å²) in [4.78, 5) is 52.6. The number of aromatic nitrogens is 1. The Labute approximate surface area is 285 Å². The Morgan fingerprint density at radius 1 is 1.04 bits per heavy atom. The molecule has 1 heterocycles. The Balaban J connectivity index is 1.69. The predicted octanol–water partition coefficient (Wildman–Crippen LogP) is 0.445. The number of anilines is 1. The largest absolute Gasteiger partial charge is 0.495 e. The van der Waals surface area contributed by atoms with E-state index in [1.165, 1.54) is 13.2 Å². The topological polar surface area (TPSA) is 259 Å². The molecule has 0 spiro atoms. The van der Waals surface area contributed by atoms with Gasteiger partial charge in [-0.2, -0.15) is 0 Å². The molecule has 16 nitrogen and oxygen atoms in total. The van der Waals surface area contributed by atoms with Gasteiger partial charge in [0.25, 0.3) is 0 Å². The molecule has 0 radical (unpaired) electrons. The number of ether oxygens (including phenoxy) is 1. The van der Waals surface area contributed by atoms with E-state index in [2.05, 4.69) is 20.7 Å². The molecule has 1 aromatic heterocycles. The van der Waals surface area contributed by atoms with Crippen molar-refractivity contribution in [3.63, 3.8) is 0 Å². The molecular formula is C31H36N6O10S2. The van der Waals surface area contributed by atoms with Gasteiger partial charge in [-0.3, -0.25) is 23.9 Å². The number of nitrogens with two attached hydrogens (primary N) is 1. The van der Waals surface area contributed by atoms with Gasteiger partial charge in [0.1, 0.15) is 30.5 Å². The standard InChI is InChI=1S/C31H36N6O10S2/c1-47-23-13-21(37-49(2,45)46)29(48-15-22(30(42)33-14-25(39)40)35-24(38)12-11-18(32)31(43)44)28(41)27(23)36-26-16-7-3-5-9-19(16)34-20-10-6-4-8-17(20)26/h3-10,13,18,22,28-29,37,41H,11-12,14-15,32H2,1-2H3,(H,33,42)(H,34,36)(H,35,38)(H,39,40)(H,43,44). The van der Waals surface area contributed by atoms with Crippen molar-refractivity contribution < 1.29 is 47.7 Å². The van der Waals surface area contributed by atoms with Gasteiger partial charge in [-0.15, -0.1) is 11.8 Å². The van der Waals surface area contributed by atoms with Crippen LogP contribution >= 0.6 is 11.8 Å². The number of hydrogen-bond acceptors (Lipinski definition) is 12.